The number of sulfonamides is 1. The van der Waals surface area contributed by atoms with Gasteiger partial charge in [0.25, 0.3) is 0 Å². The highest BCUT2D eigenvalue weighted by molar-refractivity contribution is 9.10. The number of anilines is 1. The Morgan fingerprint density at radius 2 is 1.95 bits per heavy atom. The molecule has 0 aliphatic heterocycles. The summed E-state index contributed by atoms with van der Waals surface area (Å²) in [5.41, 5.74) is 1.000. The van der Waals surface area contributed by atoms with Crippen molar-refractivity contribution in [2.24, 2.45) is 5.14 Å². The number of hydrogen-bond donors (Lipinski definition) is 2. The molecule has 8 heteroatoms. The molecule has 112 valence electrons. The van der Waals surface area contributed by atoms with Crippen LogP contribution in [0.4, 0.5) is 5.82 Å². The second-order valence-corrected chi connectivity index (χ2v) is 7.20. The Bertz CT molecular complexity index is 736. The lowest BCUT2D eigenvalue weighted by atomic mass is 10.1. The molecule has 0 amide bonds. The second kappa shape index (κ2) is 6.74. The second-order valence-electron chi connectivity index (χ2n) is 4.35. The lowest BCUT2D eigenvalue weighted by Gasteiger charge is -2.08. The molecular weight excluding hydrogens is 378 g/mol. The molecule has 0 fully saturated rings. The van der Waals surface area contributed by atoms with E-state index < -0.39 is 10.0 Å². The van der Waals surface area contributed by atoms with Gasteiger partial charge >= 0.3 is 0 Å². The summed E-state index contributed by atoms with van der Waals surface area (Å²) in [4.78, 5) is 4.28. The molecule has 21 heavy (non-hydrogen) atoms. The average Bonchev–Trinajstić information content (AvgIpc) is 2.41. The smallest absolute Gasteiger partial charge is 0.238 e. The van der Waals surface area contributed by atoms with E-state index >= 15 is 0 Å². The number of rotatable bonds is 5. The van der Waals surface area contributed by atoms with E-state index in [1.807, 2.05) is 0 Å². The summed E-state index contributed by atoms with van der Waals surface area (Å²) in [5, 5.41) is 8.78. The van der Waals surface area contributed by atoms with Gasteiger partial charge in [0.2, 0.25) is 10.0 Å². The van der Waals surface area contributed by atoms with Gasteiger partial charge in [-0.3, -0.25) is 0 Å². The molecule has 0 saturated heterocycles. The Morgan fingerprint density at radius 3 is 2.52 bits per heavy atom. The average molecular weight is 391 g/mol. The molecule has 1 heterocycles. The van der Waals surface area contributed by atoms with Crippen LogP contribution in [0.15, 0.2) is 45.9 Å². The van der Waals surface area contributed by atoms with Crippen LogP contribution in [0.5, 0.6) is 0 Å². The lowest BCUT2D eigenvalue weighted by Crippen LogP contribution is -2.12. The topological polar surface area (TPSA) is 85.1 Å². The summed E-state index contributed by atoms with van der Waals surface area (Å²) in [6.45, 7) is 0.655. The Morgan fingerprint density at radius 1 is 1.29 bits per heavy atom. The van der Waals surface area contributed by atoms with Gasteiger partial charge in [0.05, 0.1) is 14.4 Å². The third-order valence-corrected chi connectivity index (χ3v) is 4.51. The first-order valence-electron chi connectivity index (χ1n) is 6.03. The SMILES string of the molecule is NS(=O)(=O)c1ccc(CCNc2ncc(Cl)cc2Br)cc1. The number of halogens is 2. The van der Waals surface area contributed by atoms with Crippen molar-refractivity contribution >= 4 is 43.4 Å². The highest BCUT2D eigenvalue weighted by Crippen LogP contribution is 2.23. The van der Waals surface area contributed by atoms with E-state index in [4.69, 9.17) is 16.7 Å². The fraction of sp³-hybridized carbons (Fsp3) is 0.154. The zero-order valence-electron chi connectivity index (χ0n) is 10.9. The van der Waals surface area contributed by atoms with E-state index in [1.54, 1.807) is 24.4 Å². The highest BCUT2D eigenvalue weighted by Gasteiger charge is 2.07. The Hall–Kier alpha value is -1.15. The molecule has 0 unspecified atom stereocenters. The van der Waals surface area contributed by atoms with E-state index in [0.29, 0.717) is 17.4 Å². The van der Waals surface area contributed by atoms with Crippen LogP contribution in [0.25, 0.3) is 0 Å². The van der Waals surface area contributed by atoms with Gasteiger partial charge in [-0.05, 0) is 46.1 Å². The molecule has 0 saturated carbocycles. The van der Waals surface area contributed by atoms with Crippen LogP contribution >= 0.6 is 27.5 Å². The fourth-order valence-corrected chi connectivity index (χ4v) is 3.01. The van der Waals surface area contributed by atoms with E-state index in [-0.39, 0.29) is 4.90 Å². The maximum Gasteiger partial charge on any atom is 0.238 e. The maximum atomic E-state index is 11.1. The minimum Gasteiger partial charge on any atom is -0.369 e. The van der Waals surface area contributed by atoms with Crippen molar-refractivity contribution in [3.8, 4) is 0 Å². The largest absolute Gasteiger partial charge is 0.369 e. The van der Waals surface area contributed by atoms with Gasteiger partial charge in [-0.1, -0.05) is 23.7 Å². The van der Waals surface area contributed by atoms with Crippen LogP contribution in [0.1, 0.15) is 5.56 Å². The minimum absolute atomic E-state index is 0.112. The molecule has 0 atom stereocenters. The molecule has 1 aromatic carbocycles. The number of pyridine rings is 1. The van der Waals surface area contributed by atoms with Gasteiger partial charge in [-0.15, -0.1) is 0 Å². The number of hydrogen-bond acceptors (Lipinski definition) is 4. The minimum atomic E-state index is -3.64. The Labute approximate surface area is 136 Å². The highest BCUT2D eigenvalue weighted by atomic mass is 79.9. The van der Waals surface area contributed by atoms with Gasteiger partial charge in [0.15, 0.2) is 0 Å². The molecule has 5 nitrogen and oxygen atoms in total. The third-order valence-electron chi connectivity index (χ3n) is 2.77. The van der Waals surface area contributed by atoms with Gasteiger partial charge in [0.1, 0.15) is 5.82 Å². The molecule has 0 spiro atoms. The molecule has 0 radical (unpaired) electrons. The van der Waals surface area contributed by atoms with E-state index in [1.165, 1.54) is 12.1 Å². The van der Waals surface area contributed by atoms with E-state index in [9.17, 15) is 8.42 Å². The number of primary sulfonamides is 1. The van der Waals surface area contributed by atoms with Crippen molar-refractivity contribution in [2.75, 3.05) is 11.9 Å². The molecule has 3 N–H and O–H groups in total. The van der Waals surface area contributed by atoms with Crippen LogP contribution in [0.3, 0.4) is 0 Å². The van der Waals surface area contributed by atoms with Gasteiger partial charge in [-0.25, -0.2) is 18.5 Å². The zero-order valence-corrected chi connectivity index (χ0v) is 14.0. The predicted molar refractivity (Wildman–Crippen MR) is 87.0 cm³/mol. The quantitative estimate of drug-likeness (QED) is 0.822. The van der Waals surface area contributed by atoms with Crippen LogP contribution in [-0.4, -0.2) is 19.9 Å². The molecule has 0 aliphatic rings. The first kappa shape index (κ1) is 16.2. The third kappa shape index (κ3) is 4.67. The van der Waals surface area contributed by atoms with Gasteiger partial charge in [-0.2, -0.15) is 0 Å². The molecule has 2 rings (SSSR count). The number of benzene rings is 1. The molecule has 0 aliphatic carbocycles. The molecular formula is C13H13BrClN3O2S. The van der Waals surface area contributed by atoms with Crippen molar-refractivity contribution in [3.05, 3.63) is 51.6 Å². The van der Waals surface area contributed by atoms with E-state index in [2.05, 4.69) is 26.2 Å². The Kier molecular flexibility index (Phi) is 5.21. The summed E-state index contributed by atoms with van der Waals surface area (Å²) in [5.74, 6) is 0.709. The van der Waals surface area contributed by atoms with Gasteiger partial charge in [0, 0.05) is 12.7 Å². The maximum absolute atomic E-state index is 11.1. The monoisotopic (exact) mass is 389 g/mol. The van der Waals surface area contributed by atoms with Crippen molar-refractivity contribution in [2.45, 2.75) is 11.3 Å². The summed E-state index contributed by atoms with van der Waals surface area (Å²) < 4.78 is 23.1. The molecule has 2 aromatic rings. The summed E-state index contributed by atoms with van der Waals surface area (Å²) in [6.07, 6.45) is 2.29. The lowest BCUT2D eigenvalue weighted by molar-refractivity contribution is 0.598. The molecule has 1 aromatic heterocycles. The van der Waals surface area contributed by atoms with Crippen LogP contribution in [0, 0.1) is 0 Å². The first-order valence-corrected chi connectivity index (χ1v) is 8.74. The predicted octanol–water partition coefficient (Wildman–Crippen LogP) is 2.80. The first-order chi connectivity index (χ1) is 9.86. The van der Waals surface area contributed by atoms with E-state index in [0.717, 1.165) is 16.5 Å². The fourth-order valence-electron chi connectivity index (χ4n) is 1.72. The number of aromatic nitrogens is 1. The summed E-state index contributed by atoms with van der Waals surface area (Å²) in [7, 11) is -3.64. The van der Waals surface area contributed by atoms with Crippen molar-refractivity contribution < 1.29 is 8.42 Å². The van der Waals surface area contributed by atoms with Gasteiger partial charge < -0.3 is 5.32 Å². The molecule has 0 bridgehead atoms. The van der Waals surface area contributed by atoms with Crippen LogP contribution in [-0.2, 0) is 16.4 Å². The number of nitrogens with one attached hydrogen (secondary N) is 1. The van der Waals surface area contributed by atoms with Crippen molar-refractivity contribution in [1.29, 1.82) is 0 Å². The van der Waals surface area contributed by atoms with Crippen molar-refractivity contribution in [3.63, 3.8) is 0 Å². The van der Waals surface area contributed by atoms with Crippen LogP contribution < -0.4 is 10.5 Å². The number of nitrogens with zero attached hydrogens (tertiary/aromatic N) is 1. The Balaban J connectivity index is 1.94. The zero-order chi connectivity index (χ0) is 15.5. The van der Waals surface area contributed by atoms with Crippen molar-refractivity contribution in [1.82, 2.24) is 4.98 Å². The summed E-state index contributed by atoms with van der Waals surface area (Å²) >= 11 is 9.19. The normalized spacial score (nSPS) is 11.4. The standard InChI is InChI=1S/C13H13BrClN3O2S/c14-12-7-10(15)8-18-13(12)17-6-5-9-1-3-11(4-2-9)21(16,19)20/h1-4,7-8H,5-6H2,(H,17,18)(H2,16,19,20). The summed E-state index contributed by atoms with van der Waals surface area (Å²) in [6, 6.07) is 8.25. The van der Waals surface area contributed by atoms with Crippen LogP contribution in [0.2, 0.25) is 5.02 Å². The number of nitrogens with two attached hydrogens (primary N) is 1.